The van der Waals surface area contributed by atoms with Gasteiger partial charge in [-0.15, -0.1) is 0 Å². The molecule has 0 saturated carbocycles. The molecule has 32 heavy (non-hydrogen) atoms. The van der Waals surface area contributed by atoms with E-state index in [9.17, 15) is 14.0 Å². The van der Waals surface area contributed by atoms with E-state index in [-0.39, 0.29) is 29.7 Å². The van der Waals surface area contributed by atoms with Crippen LogP contribution in [0, 0.1) is 18.7 Å². The number of nitrogens with zero attached hydrogens (tertiary/aromatic N) is 4. The third-order valence-corrected chi connectivity index (χ3v) is 5.31. The maximum atomic E-state index is 14.4. The molecule has 4 heterocycles. The molecule has 2 aliphatic rings. The van der Waals surface area contributed by atoms with E-state index >= 15 is 0 Å². The number of ether oxygens (including phenoxy) is 2. The van der Waals surface area contributed by atoms with Crippen molar-refractivity contribution in [3.8, 4) is 17.4 Å². The number of aromatic nitrogens is 3. The van der Waals surface area contributed by atoms with Crippen LogP contribution in [0.1, 0.15) is 16.1 Å². The molecule has 0 aliphatic carbocycles. The van der Waals surface area contributed by atoms with Gasteiger partial charge in [0.25, 0.3) is 11.8 Å². The van der Waals surface area contributed by atoms with Crippen LogP contribution in [-0.2, 0) is 4.79 Å². The van der Waals surface area contributed by atoms with Crippen molar-refractivity contribution in [1.82, 2.24) is 19.7 Å². The molecule has 1 fully saturated rings. The van der Waals surface area contributed by atoms with Crippen molar-refractivity contribution in [3.05, 3.63) is 59.7 Å². The van der Waals surface area contributed by atoms with Gasteiger partial charge in [0.15, 0.2) is 12.4 Å². The molecule has 3 aromatic rings. The van der Waals surface area contributed by atoms with E-state index in [4.69, 9.17) is 9.47 Å². The van der Waals surface area contributed by atoms with Crippen LogP contribution < -0.4 is 14.8 Å². The Balaban J connectivity index is 1.21. The number of rotatable bonds is 5. The molecule has 2 aromatic heterocycles. The average molecular weight is 437 g/mol. The number of carbonyl (C=O) groups is 2. The molecule has 1 N–H and O–H groups in total. The average Bonchev–Trinajstić information content (AvgIpc) is 3.13. The Morgan fingerprint density at radius 2 is 2.16 bits per heavy atom. The molecule has 0 radical (unpaired) electrons. The van der Waals surface area contributed by atoms with Gasteiger partial charge in [0.05, 0.1) is 23.6 Å². The summed E-state index contributed by atoms with van der Waals surface area (Å²) in [5.74, 6) is 0.0877. The molecule has 2 amide bonds. The number of hydrogen-bond donors (Lipinski definition) is 1. The highest BCUT2D eigenvalue weighted by molar-refractivity contribution is 6.00. The number of anilines is 1. The number of amides is 2. The summed E-state index contributed by atoms with van der Waals surface area (Å²) < 4.78 is 27.2. The fraction of sp³-hybridized carbons (Fsp3) is 0.273. The molecule has 1 aromatic carbocycles. The topological polar surface area (TPSA) is 98.6 Å². The van der Waals surface area contributed by atoms with E-state index in [0.717, 1.165) is 11.8 Å². The van der Waals surface area contributed by atoms with E-state index in [2.05, 4.69) is 15.4 Å². The summed E-state index contributed by atoms with van der Waals surface area (Å²) in [6.07, 6.45) is 1.68. The maximum Gasteiger partial charge on any atom is 0.262 e. The molecule has 2 aliphatic heterocycles. The van der Waals surface area contributed by atoms with Gasteiger partial charge in [-0.25, -0.2) is 9.37 Å². The summed E-state index contributed by atoms with van der Waals surface area (Å²) in [5, 5.41) is 7.01. The first-order valence-electron chi connectivity index (χ1n) is 10.1. The summed E-state index contributed by atoms with van der Waals surface area (Å²) in [6, 6.07) is 9.81. The molecular weight excluding hydrogens is 417 g/mol. The first-order valence-corrected chi connectivity index (χ1v) is 10.1. The molecule has 10 heteroatoms. The second-order valence-corrected chi connectivity index (χ2v) is 7.78. The van der Waals surface area contributed by atoms with Crippen molar-refractivity contribution in [3.63, 3.8) is 0 Å². The predicted octanol–water partition coefficient (Wildman–Crippen LogP) is 2.20. The van der Waals surface area contributed by atoms with Crippen LogP contribution in [0.3, 0.4) is 0 Å². The Bertz CT molecular complexity index is 1190. The van der Waals surface area contributed by atoms with Gasteiger partial charge in [0.2, 0.25) is 5.88 Å². The van der Waals surface area contributed by atoms with Gasteiger partial charge in [-0.2, -0.15) is 9.78 Å². The molecule has 9 nitrogen and oxygen atoms in total. The lowest BCUT2D eigenvalue weighted by atomic mass is 9.99. The van der Waals surface area contributed by atoms with Gasteiger partial charge < -0.3 is 19.7 Å². The van der Waals surface area contributed by atoms with Crippen molar-refractivity contribution < 1.29 is 23.5 Å². The first-order chi connectivity index (χ1) is 15.5. The first kappa shape index (κ1) is 20.0. The van der Waals surface area contributed by atoms with Gasteiger partial charge in [-0.3, -0.25) is 9.59 Å². The second-order valence-electron chi connectivity index (χ2n) is 7.78. The third kappa shape index (κ3) is 3.75. The number of pyridine rings is 1. The number of carbonyl (C=O) groups excluding carboxylic acids is 2. The van der Waals surface area contributed by atoms with Crippen LogP contribution in [-0.4, -0.2) is 57.8 Å². The van der Waals surface area contributed by atoms with Crippen LogP contribution in [0.15, 0.2) is 42.6 Å². The fourth-order valence-corrected chi connectivity index (χ4v) is 3.70. The van der Waals surface area contributed by atoms with E-state index in [1.165, 1.54) is 6.07 Å². The number of nitrogens with one attached hydrogen (secondary N) is 1. The third-order valence-electron chi connectivity index (χ3n) is 5.31. The minimum absolute atomic E-state index is 0.0993. The van der Waals surface area contributed by atoms with Crippen molar-refractivity contribution >= 4 is 17.5 Å². The van der Waals surface area contributed by atoms with E-state index in [0.29, 0.717) is 37.1 Å². The summed E-state index contributed by atoms with van der Waals surface area (Å²) in [4.78, 5) is 30.1. The van der Waals surface area contributed by atoms with Gasteiger partial charge in [-0.05, 0) is 25.1 Å². The zero-order valence-corrected chi connectivity index (χ0v) is 17.2. The Morgan fingerprint density at radius 1 is 1.31 bits per heavy atom. The largest absolute Gasteiger partial charge is 0.481 e. The van der Waals surface area contributed by atoms with Crippen molar-refractivity contribution in [2.75, 3.05) is 31.6 Å². The SMILES string of the molecule is Cc1cc(OCC2CN(C(=O)c3cc4c(cc3F)OCC(=O)N4)C2)n(-c2ccccn2)n1. The van der Waals surface area contributed by atoms with Crippen LogP contribution in [0.4, 0.5) is 10.1 Å². The predicted molar refractivity (Wildman–Crippen MR) is 112 cm³/mol. The Hall–Kier alpha value is -3.95. The molecule has 5 rings (SSSR count). The van der Waals surface area contributed by atoms with Crippen molar-refractivity contribution in [2.45, 2.75) is 6.92 Å². The Labute approximate surface area is 182 Å². The number of halogens is 1. The van der Waals surface area contributed by atoms with Crippen LogP contribution in [0.25, 0.3) is 5.82 Å². The highest BCUT2D eigenvalue weighted by Crippen LogP contribution is 2.32. The monoisotopic (exact) mass is 437 g/mol. The smallest absolute Gasteiger partial charge is 0.262 e. The zero-order chi connectivity index (χ0) is 22.2. The van der Waals surface area contributed by atoms with Crippen molar-refractivity contribution in [2.24, 2.45) is 5.92 Å². The van der Waals surface area contributed by atoms with Crippen LogP contribution in [0.5, 0.6) is 11.6 Å². The highest BCUT2D eigenvalue weighted by atomic mass is 19.1. The molecule has 0 bridgehead atoms. The lowest BCUT2D eigenvalue weighted by Gasteiger charge is -2.39. The Morgan fingerprint density at radius 3 is 2.94 bits per heavy atom. The van der Waals surface area contributed by atoms with Crippen LogP contribution in [0.2, 0.25) is 0 Å². The maximum absolute atomic E-state index is 14.4. The standard InChI is InChI=1S/C22H20FN5O4/c1-13-6-21(28(26-13)19-4-2-3-5-24-19)32-11-14-9-27(10-14)22(30)15-7-17-18(8-16(15)23)31-12-20(29)25-17/h2-8,14H,9-12H2,1H3,(H,25,29). The quantitative estimate of drug-likeness (QED) is 0.657. The normalized spacial score (nSPS) is 15.4. The molecule has 0 unspecified atom stereocenters. The van der Waals surface area contributed by atoms with Gasteiger partial charge in [-0.1, -0.05) is 6.07 Å². The van der Waals surface area contributed by atoms with E-state index in [1.807, 2.05) is 31.2 Å². The molecule has 0 atom stereocenters. The second kappa shape index (κ2) is 7.95. The molecule has 0 spiro atoms. The zero-order valence-electron chi connectivity index (χ0n) is 17.2. The molecule has 164 valence electrons. The summed E-state index contributed by atoms with van der Waals surface area (Å²) in [5.41, 5.74) is 0.998. The van der Waals surface area contributed by atoms with E-state index in [1.54, 1.807) is 15.8 Å². The summed E-state index contributed by atoms with van der Waals surface area (Å²) in [7, 11) is 0. The number of hydrogen-bond acceptors (Lipinski definition) is 6. The lowest BCUT2D eigenvalue weighted by molar-refractivity contribution is -0.118. The van der Waals surface area contributed by atoms with Gasteiger partial charge in [0.1, 0.15) is 11.6 Å². The summed E-state index contributed by atoms with van der Waals surface area (Å²) in [6.45, 7) is 2.96. The minimum Gasteiger partial charge on any atom is -0.481 e. The number of benzene rings is 1. The number of likely N-dealkylation sites (tertiary alicyclic amines) is 1. The van der Waals surface area contributed by atoms with Gasteiger partial charge in [0, 0.05) is 37.3 Å². The summed E-state index contributed by atoms with van der Waals surface area (Å²) >= 11 is 0. The fourth-order valence-electron chi connectivity index (χ4n) is 3.70. The van der Waals surface area contributed by atoms with E-state index < -0.39 is 11.7 Å². The van der Waals surface area contributed by atoms with Crippen molar-refractivity contribution in [1.29, 1.82) is 0 Å². The lowest BCUT2D eigenvalue weighted by Crippen LogP contribution is -2.52. The number of aryl methyl sites for hydroxylation is 1. The minimum atomic E-state index is -0.681. The number of fused-ring (bicyclic) bond motifs is 1. The van der Waals surface area contributed by atoms with Crippen LogP contribution >= 0.6 is 0 Å². The van der Waals surface area contributed by atoms with Gasteiger partial charge >= 0.3 is 0 Å². The highest BCUT2D eigenvalue weighted by Gasteiger charge is 2.34. The molecular formula is C22H20FN5O4. The molecule has 1 saturated heterocycles. The Kier molecular flexibility index (Phi) is 4.96.